The Morgan fingerprint density at radius 1 is 1.16 bits per heavy atom. The Morgan fingerprint density at radius 3 is 2.53 bits per heavy atom. The third-order valence-electron chi connectivity index (χ3n) is 4.99. The van der Waals surface area contributed by atoms with Crippen LogP contribution in [0.15, 0.2) is 42.5 Å². The van der Waals surface area contributed by atoms with E-state index in [0.29, 0.717) is 41.6 Å². The molecule has 0 bridgehead atoms. The number of anilines is 2. The Kier molecular flexibility index (Phi) is 7.51. The molecular formula is C25H30N2O5. The van der Waals surface area contributed by atoms with Crippen molar-refractivity contribution in [3.8, 4) is 11.5 Å². The van der Waals surface area contributed by atoms with Gasteiger partial charge in [-0.25, -0.2) is 0 Å². The smallest absolute Gasteiger partial charge is 0.268 e. The lowest BCUT2D eigenvalue weighted by Gasteiger charge is -2.32. The topological polar surface area (TPSA) is 84.9 Å². The van der Waals surface area contributed by atoms with E-state index in [9.17, 15) is 14.4 Å². The third kappa shape index (κ3) is 5.66. The van der Waals surface area contributed by atoms with Gasteiger partial charge in [0, 0.05) is 17.7 Å². The summed E-state index contributed by atoms with van der Waals surface area (Å²) in [7, 11) is 0. The lowest BCUT2D eigenvalue weighted by molar-refractivity contribution is -0.127. The number of benzene rings is 2. The average molecular weight is 439 g/mol. The van der Waals surface area contributed by atoms with Crippen molar-refractivity contribution in [2.45, 2.75) is 46.6 Å². The molecule has 1 atom stereocenters. The van der Waals surface area contributed by atoms with Crippen LogP contribution >= 0.6 is 0 Å². The summed E-state index contributed by atoms with van der Waals surface area (Å²) in [5.41, 5.74) is 1.54. The van der Waals surface area contributed by atoms with Gasteiger partial charge < -0.3 is 14.8 Å². The van der Waals surface area contributed by atoms with Crippen molar-refractivity contribution < 1.29 is 23.9 Å². The van der Waals surface area contributed by atoms with Gasteiger partial charge >= 0.3 is 0 Å². The number of hydrogen-bond donors (Lipinski definition) is 1. The molecule has 0 fully saturated rings. The second-order valence-corrected chi connectivity index (χ2v) is 8.32. The molecule has 7 heteroatoms. The molecule has 32 heavy (non-hydrogen) atoms. The third-order valence-corrected chi connectivity index (χ3v) is 4.99. The molecular weight excluding hydrogens is 408 g/mol. The fraction of sp³-hybridized carbons (Fsp3) is 0.400. The second kappa shape index (κ2) is 10.3. The number of carbonyl (C=O) groups is 3. The molecule has 0 saturated heterocycles. The summed E-state index contributed by atoms with van der Waals surface area (Å²) in [6.45, 7) is 8.15. The summed E-state index contributed by atoms with van der Waals surface area (Å²) in [6, 6.07) is 12.1. The molecule has 1 aliphatic rings. The van der Waals surface area contributed by atoms with E-state index in [0.717, 1.165) is 12.2 Å². The van der Waals surface area contributed by atoms with Crippen LogP contribution in [-0.4, -0.2) is 36.9 Å². The van der Waals surface area contributed by atoms with Gasteiger partial charge in [-0.2, -0.15) is 0 Å². The van der Waals surface area contributed by atoms with E-state index in [1.165, 1.54) is 4.90 Å². The minimum absolute atomic E-state index is 0.00875. The zero-order valence-corrected chi connectivity index (χ0v) is 19.0. The predicted molar refractivity (Wildman–Crippen MR) is 124 cm³/mol. The van der Waals surface area contributed by atoms with Crippen LogP contribution < -0.4 is 19.7 Å². The van der Waals surface area contributed by atoms with Crippen molar-refractivity contribution >= 4 is 29.0 Å². The van der Waals surface area contributed by atoms with Gasteiger partial charge in [-0.3, -0.25) is 19.3 Å². The van der Waals surface area contributed by atoms with E-state index in [1.807, 2.05) is 6.92 Å². The number of ketones is 1. The number of nitrogens with zero attached hydrogens (tertiary/aromatic N) is 1. The molecule has 1 unspecified atom stereocenters. The molecule has 3 rings (SSSR count). The summed E-state index contributed by atoms with van der Waals surface area (Å²) in [6.07, 6.45) is 0.432. The van der Waals surface area contributed by atoms with Crippen LogP contribution in [0.2, 0.25) is 0 Å². The normalized spacial score (nSPS) is 15.2. The van der Waals surface area contributed by atoms with E-state index >= 15 is 0 Å². The number of ether oxygens (including phenoxy) is 2. The highest BCUT2D eigenvalue weighted by molar-refractivity contribution is 6.07. The lowest BCUT2D eigenvalue weighted by Crippen LogP contribution is -2.47. The first-order chi connectivity index (χ1) is 15.3. The number of amides is 2. The molecule has 1 aliphatic heterocycles. The maximum absolute atomic E-state index is 12.8. The summed E-state index contributed by atoms with van der Waals surface area (Å²) in [5.74, 6) is 0.940. The van der Waals surface area contributed by atoms with Gasteiger partial charge in [-0.1, -0.05) is 20.8 Å². The molecule has 0 aromatic heterocycles. The standard InChI is InChI=1S/C25H30N2O5/c1-5-6-22(28)18-7-12-23-21(13-18)27(25(30)17(4)32-23)14-24(29)26-19-8-10-20(11-9-19)31-15-16(2)3/h7-13,16-17H,5-6,14-15H2,1-4H3,(H,26,29). The van der Waals surface area contributed by atoms with E-state index in [1.54, 1.807) is 49.4 Å². The predicted octanol–water partition coefficient (Wildman–Crippen LogP) is 4.46. The van der Waals surface area contributed by atoms with Gasteiger partial charge in [0.25, 0.3) is 5.91 Å². The molecule has 2 aromatic carbocycles. The second-order valence-electron chi connectivity index (χ2n) is 8.32. The molecule has 1 heterocycles. The Balaban J connectivity index is 1.73. The highest BCUT2D eigenvalue weighted by Crippen LogP contribution is 2.35. The van der Waals surface area contributed by atoms with Crippen LogP contribution in [0.3, 0.4) is 0 Å². The van der Waals surface area contributed by atoms with E-state index in [4.69, 9.17) is 9.47 Å². The molecule has 0 radical (unpaired) electrons. The molecule has 0 aliphatic carbocycles. The first-order valence-corrected chi connectivity index (χ1v) is 11.0. The number of Topliss-reactive ketones (excluding diaryl/α,β-unsaturated/α-hetero) is 1. The molecule has 7 nitrogen and oxygen atoms in total. The molecule has 2 aromatic rings. The van der Waals surface area contributed by atoms with Crippen LogP contribution in [0, 0.1) is 5.92 Å². The number of carbonyl (C=O) groups excluding carboxylic acids is 3. The van der Waals surface area contributed by atoms with Crippen molar-refractivity contribution in [2.24, 2.45) is 5.92 Å². The molecule has 1 N–H and O–H groups in total. The van der Waals surface area contributed by atoms with Crippen LogP contribution in [0.25, 0.3) is 0 Å². The SMILES string of the molecule is CCCC(=O)c1ccc2c(c1)N(CC(=O)Nc1ccc(OCC(C)C)cc1)C(=O)C(C)O2. The van der Waals surface area contributed by atoms with Crippen LogP contribution in [0.5, 0.6) is 11.5 Å². The van der Waals surface area contributed by atoms with E-state index in [2.05, 4.69) is 19.2 Å². The summed E-state index contributed by atoms with van der Waals surface area (Å²) >= 11 is 0. The Hall–Kier alpha value is -3.35. The number of hydrogen-bond acceptors (Lipinski definition) is 5. The van der Waals surface area contributed by atoms with Crippen molar-refractivity contribution in [1.29, 1.82) is 0 Å². The summed E-state index contributed by atoms with van der Waals surface area (Å²) in [5, 5.41) is 2.81. The first kappa shape index (κ1) is 23.3. The highest BCUT2D eigenvalue weighted by Gasteiger charge is 2.33. The molecule has 2 amide bonds. The van der Waals surface area contributed by atoms with Crippen LogP contribution in [0.4, 0.5) is 11.4 Å². The number of fused-ring (bicyclic) bond motifs is 1. The Bertz CT molecular complexity index is 984. The maximum atomic E-state index is 12.8. The highest BCUT2D eigenvalue weighted by atomic mass is 16.5. The van der Waals surface area contributed by atoms with E-state index < -0.39 is 6.10 Å². The van der Waals surface area contributed by atoms with Gasteiger partial charge in [0.05, 0.1) is 12.3 Å². The molecule has 0 spiro atoms. The van der Waals surface area contributed by atoms with Crippen LogP contribution in [-0.2, 0) is 9.59 Å². The van der Waals surface area contributed by atoms with Gasteiger partial charge in [-0.15, -0.1) is 0 Å². The quantitative estimate of drug-likeness (QED) is 0.585. The van der Waals surface area contributed by atoms with E-state index in [-0.39, 0.29) is 24.1 Å². The molecule has 0 saturated carbocycles. The van der Waals surface area contributed by atoms with Crippen molar-refractivity contribution in [1.82, 2.24) is 0 Å². The number of rotatable bonds is 9. The first-order valence-electron chi connectivity index (χ1n) is 11.0. The summed E-state index contributed by atoms with van der Waals surface area (Å²) in [4.78, 5) is 39.2. The number of nitrogens with one attached hydrogen (secondary N) is 1. The Morgan fingerprint density at radius 2 is 1.88 bits per heavy atom. The minimum Gasteiger partial charge on any atom is -0.493 e. The Labute approximate surface area is 188 Å². The zero-order chi connectivity index (χ0) is 23.3. The van der Waals surface area contributed by atoms with Crippen molar-refractivity contribution in [2.75, 3.05) is 23.4 Å². The minimum atomic E-state index is -0.718. The van der Waals surface area contributed by atoms with Gasteiger partial charge in [0.15, 0.2) is 11.9 Å². The zero-order valence-electron chi connectivity index (χ0n) is 19.0. The largest absolute Gasteiger partial charge is 0.493 e. The van der Waals surface area contributed by atoms with Crippen molar-refractivity contribution in [3.05, 3.63) is 48.0 Å². The monoisotopic (exact) mass is 438 g/mol. The average Bonchev–Trinajstić information content (AvgIpc) is 2.76. The van der Waals surface area contributed by atoms with Crippen LogP contribution in [0.1, 0.15) is 50.9 Å². The van der Waals surface area contributed by atoms with Gasteiger partial charge in [-0.05, 0) is 61.7 Å². The van der Waals surface area contributed by atoms with Crippen molar-refractivity contribution in [3.63, 3.8) is 0 Å². The molecule has 170 valence electrons. The lowest BCUT2D eigenvalue weighted by atomic mass is 10.0. The fourth-order valence-electron chi connectivity index (χ4n) is 3.36. The maximum Gasteiger partial charge on any atom is 0.268 e. The fourth-order valence-corrected chi connectivity index (χ4v) is 3.36. The summed E-state index contributed by atoms with van der Waals surface area (Å²) < 4.78 is 11.3. The van der Waals surface area contributed by atoms with Gasteiger partial charge in [0.2, 0.25) is 5.91 Å². The van der Waals surface area contributed by atoms with Gasteiger partial charge in [0.1, 0.15) is 18.0 Å².